The van der Waals surface area contributed by atoms with Crippen molar-refractivity contribution in [1.29, 1.82) is 0 Å². The van der Waals surface area contributed by atoms with E-state index in [9.17, 15) is 9.18 Å². The Hall–Kier alpha value is -1.66. The Bertz CT molecular complexity index is 438. The molecule has 6 heteroatoms. The number of halogens is 1. The molecule has 112 valence electrons. The average molecular weight is 284 g/mol. The van der Waals surface area contributed by atoms with Crippen LogP contribution >= 0.6 is 0 Å². The van der Waals surface area contributed by atoms with Crippen molar-refractivity contribution in [3.8, 4) is 5.75 Å². The predicted molar refractivity (Wildman–Crippen MR) is 74.1 cm³/mol. The fraction of sp³-hybridized carbons (Fsp3) is 0.500. The van der Waals surface area contributed by atoms with Crippen LogP contribution in [0.5, 0.6) is 5.75 Å². The molecule has 1 amide bonds. The van der Waals surface area contributed by atoms with Gasteiger partial charge in [-0.1, -0.05) is 12.1 Å². The Kier molecular flexibility index (Phi) is 6.97. The Morgan fingerprint density at radius 1 is 1.50 bits per heavy atom. The van der Waals surface area contributed by atoms with Crippen LogP contribution < -0.4 is 15.8 Å². The lowest BCUT2D eigenvalue weighted by Crippen LogP contribution is -2.31. The molecular formula is C14H21FN2O3. The number of rotatable bonds is 8. The number of ether oxygens (including phenoxy) is 2. The van der Waals surface area contributed by atoms with Gasteiger partial charge in [0.25, 0.3) is 5.91 Å². The quantitative estimate of drug-likeness (QED) is 0.694. The van der Waals surface area contributed by atoms with Gasteiger partial charge in [-0.05, 0) is 25.0 Å². The molecule has 0 aliphatic heterocycles. The summed E-state index contributed by atoms with van der Waals surface area (Å²) in [7, 11) is 1.54. The van der Waals surface area contributed by atoms with Gasteiger partial charge in [0, 0.05) is 19.7 Å². The summed E-state index contributed by atoms with van der Waals surface area (Å²) in [4.78, 5) is 11.5. The number of benzene rings is 1. The molecule has 0 saturated carbocycles. The van der Waals surface area contributed by atoms with Crippen molar-refractivity contribution in [1.82, 2.24) is 5.32 Å². The highest BCUT2D eigenvalue weighted by atomic mass is 19.1. The standard InChI is InChI=1S/C14H21FN2O3/c1-10(16)8-11-4-3-5-12(15)14(11)20-9-13(18)17-6-7-19-2/h3-5,10H,6-9,16H2,1-2H3,(H,17,18). The second kappa shape index (κ2) is 8.50. The molecule has 1 unspecified atom stereocenters. The van der Waals surface area contributed by atoms with Crippen molar-refractivity contribution in [3.63, 3.8) is 0 Å². The zero-order valence-corrected chi connectivity index (χ0v) is 11.8. The molecule has 20 heavy (non-hydrogen) atoms. The fourth-order valence-corrected chi connectivity index (χ4v) is 1.70. The third-order valence-corrected chi connectivity index (χ3v) is 2.57. The molecule has 5 nitrogen and oxygen atoms in total. The number of nitrogens with one attached hydrogen (secondary N) is 1. The minimum absolute atomic E-state index is 0.0895. The molecule has 1 rings (SSSR count). The third kappa shape index (κ3) is 5.54. The first kappa shape index (κ1) is 16.4. The highest BCUT2D eigenvalue weighted by Crippen LogP contribution is 2.23. The number of carbonyl (C=O) groups is 1. The van der Waals surface area contributed by atoms with Crippen molar-refractivity contribution in [3.05, 3.63) is 29.6 Å². The van der Waals surface area contributed by atoms with Gasteiger partial charge in [-0.25, -0.2) is 4.39 Å². The molecule has 1 aromatic carbocycles. The number of amides is 1. The van der Waals surface area contributed by atoms with E-state index in [0.717, 1.165) is 0 Å². The van der Waals surface area contributed by atoms with E-state index in [2.05, 4.69) is 5.32 Å². The van der Waals surface area contributed by atoms with E-state index < -0.39 is 5.82 Å². The molecule has 1 atom stereocenters. The van der Waals surface area contributed by atoms with Gasteiger partial charge < -0.3 is 20.5 Å². The maximum absolute atomic E-state index is 13.7. The van der Waals surface area contributed by atoms with E-state index in [1.165, 1.54) is 6.07 Å². The average Bonchev–Trinajstić information content (AvgIpc) is 2.37. The Morgan fingerprint density at radius 2 is 2.25 bits per heavy atom. The number of methoxy groups -OCH3 is 1. The zero-order chi connectivity index (χ0) is 15.0. The molecule has 0 heterocycles. The summed E-state index contributed by atoms with van der Waals surface area (Å²) < 4.78 is 23.8. The van der Waals surface area contributed by atoms with E-state index in [1.807, 2.05) is 6.92 Å². The number of hydrogen-bond donors (Lipinski definition) is 2. The summed E-state index contributed by atoms with van der Waals surface area (Å²) in [6.45, 7) is 2.40. The van der Waals surface area contributed by atoms with Crippen LogP contribution in [0, 0.1) is 5.82 Å². The highest BCUT2D eigenvalue weighted by molar-refractivity contribution is 5.77. The number of nitrogens with two attached hydrogens (primary N) is 1. The van der Waals surface area contributed by atoms with Gasteiger partial charge in [0.15, 0.2) is 18.2 Å². The van der Waals surface area contributed by atoms with Crippen molar-refractivity contribution in [2.45, 2.75) is 19.4 Å². The lowest BCUT2D eigenvalue weighted by Gasteiger charge is -2.13. The van der Waals surface area contributed by atoms with Crippen molar-refractivity contribution < 1.29 is 18.7 Å². The second-order valence-corrected chi connectivity index (χ2v) is 4.54. The SMILES string of the molecule is COCCNC(=O)COc1c(F)cccc1CC(C)N. The van der Waals surface area contributed by atoms with E-state index in [1.54, 1.807) is 19.2 Å². The van der Waals surface area contributed by atoms with Gasteiger partial charge in [0.2, 0.25) is 0 Å². The van der Waals surface area contributed by atoms with Gasteiger partial charge in [0.05, 0.1) is 6.61 Å². The lowest BCUT2D eigenvalue weighted by molar-refractivity contribution is -0.123. The molecule has 0 spiro atoms. The molecule has 0 bridgehead atoms. The monoisotopic (exact) mass is 284 g/mol. The normalized spacial score (nSPS) is 12.0. The van der Waals surface area contributed by atoms with E-state index in [4.69, 9.17) is 15.2 Å². The summed E-state index contributed by atoms with van der Waals surface area (Å²) in [5.41, 5.74) is 6.37. The third-order valence-electron chi connectivity index (χ3n) is 2.57. The number of carbonyl (C=O) groups excluding carboxylic acids is 1. The Morgan fingerprint density at radius 3 is 2.90 bits per heavy atom. The first-order chi connectivity index (χ1) is 9.54. The number of para-hydroxylation sites is 1. The molecule has 0 aliphatic carbocycles. The fourth-order valence-electron chi connectivity index (χ4n) is 1.70. The lowest BCUT2D eigenvalue weighted by atomic mass is 10.1. The summed E-state index contributed by atoms with van der Waals surface area (Å²) in [5, 5.41) is 2.60. The van der Waals surface area contributed by atoms with Crippen LogP contribution in [-0.2, 0) is 16.0 Å². The molecule has 3 N–H and O–H groups in total. The largest absolute Gasteiger partial charge is 0.480 e. The maximum Gasteiger partial charge on any atom is 0.258 e. The molecule has 1 aromatic rings. The summed E-state index contributed by atoms with van der Waals surface area (Å²) in [5.74, 6) is -0.725. The van der Waals surface area contributed by atoms with Crippen LogP contribution in [-0.4, -0.2) is 38.8 Å². The van der Waals surface area contributed by atoms with Crippen LogP contribution in [0.25, 0.3) is 0 Å². The summed E-state index contributed by atoms with van der Waals surface area (Å²) in [6.07, 6.45) is 0.485. The number of hydrogen-bond acceptors (Lipinski definition) is 4. The first-order valence-electron chi connectivity index (χ1n) is 6.46. The maximum atomic E-state index is 13.7. The molecular weight excluding hydrogens is 263 g/mol. The molecule has 0 aromatic heterocycles. The molecule has 0 saturated heterocycles. The predicted octanol–water partition coefficient (Wildman–Crippen LogP) is 0.857. The van der Waals surface area contributed by atoms with Crippen LogP contribution in [0.4, 0.5) is 4.39 Å². The Balaban J connectivity index is 2.60. The van der Waals surface area contributed by atoms with Gasteiger partial charge in [-0.15, -0.1) is 0 Å². The summed E-state index contributed by atoms with van der Waals surface area (Å²) in [6, 6.07) is 4.51. The zero-order valence-electron chi connectivity index (χ0n) is 11.8. The topological polar surface area (TPSA) is 73.6 Å². The minimum Gasteiger partial charge on any atom is -0.480 e. The van der Waals surface area contributed by atoms with Crippen LogP contribution in [0.15, 0.2) is 18.2 Å². The van der Waals surface area contributed by atoms with Crippen molar-refractivity contribution in [2.75, 3.05) is 26.9 Å². The van der Waals surface area contributed by atoms with Crippen LogP contribution in [0.2, 0.25) is 0 Å². The van der Waals surface area contributed by atoms with Gasteiger partial charge in [-0.3, -0.25) is 4.79 Å². The molecule has 0 radical (unpaired) electrons. The highest BCUT2D eigenvalue weighted by Gasteiger charge is 2.13. The van der Waals surface area contributed by atoms with Crippen molar-refractivity contribution >= 4 is 5.91 Å². The smallest absolute Gasteiger partial charge is 0.258 e. The van der Waals surface area contributed by atoms with Gasteiger partial charge >= 0.3 is 0 Å². The molecule has 0 fully saturated rings. The first-order valence-corrected chi connectivity index (χ1v) is 6.46. The van der Waals surface area contributed by atoms with E-state index in [-0.39, 0.29) is 24.3 Å². The van der Waals surface area contributed by atoms with E-state index >= 15 is 0 Å². The summed E-state index contributed by atoms with van der Waals surface area (Å²) >= 11 is 0. The molecule has 0 aliphatic rings. The minimum atomic E-state index is -0.493. The second-order valence-electron chi connectivity index (χ2n) is 4.54. The van der Waals surface area contributed by atoms with Gasteiger partial charge in [0.1, 0.15) is 0 Å². The van der Waals surface area contributed by atoms with Crippen LogP contribution in [0.1, 0.15) is 12.5 Å². The van der Waals surface area contributed by atoms with Crippen molar-refractivity contribution in [2.24, 2.45) is 5.73 Å². The van der Waals surface area contributed by atoms with Gasteiger partial charge in [-0.2, -0.15) is 0 Å². The Labute approximate surface area is 118 Å². The van der Waals surface area contributed by atoms with E-state index in [0.29, 0.717) is 25.1 Å². The van der Waals surface area contributed by atoms with Crippen LogP contribution in [0.3, 0.4) is 0 Å².